The number of nitrogens with one attached hydrogen (secondary N) is 1. The lowest BCUT2D eigenvalue weighted by atomic mass is 10.1. The number of benzene rings is 1. The van der Waals surface area contributed by atoms with Crippen LogP contribution >= 0.6 is 11.3 Å². The van der Waals surface area contributed by atoms with Gasteiger partial charge in [0.05, 0.1) is 6.04 Å². The lowest BCUT2D eigenvalue weighted by molar-refractivity contribution is -0.121. The third-order valence-corrected chi connectivity index (χ3v) is 5.19. The summed E-state index contributed by atoms with van der Waals surface area (Å²) in [5.74, 6) is 0.147. The van der Waals surface area contributed by atoms with Gasteiger partial charge in [-0.2, -0.15) is 11.3 Å². The molecule has 0 saturated carbocycles. The summed E-state index contributed by atoms with van der Waals surface area (Å²) in [6.45, 7) is 2.99. The summed E-state index contributed by atoms with van der Waals surface area (Å²) in [5.41, 5.74) is 2.55. The number of hydrogen-bond acceptors (Lipinski definition) is 3. The maximum Gasteiger partial charge on any atom is 0.220 e. The van der Waals surface area contributed by atoms with Gasteiger partial charge in [0.15, 0.2) is 0 Å². The van der Waals surface area contributed by atoms with Crippen molar-refractivity contribution in [2.45, 2.75) is 31.7 Å². The van der Waals surface area contributed by atoms with Crippen LogP contribution in [0.1, 0.15) is 36.4 Å². The van der Waals surface area contributed by atoms with E-state index in [-0.39, 0.29) is 5.91 Å². The van der Waals surface area contributed by atoms with Gasteiger partial charge in [-0.25, -0.2) is 0 Å². The third-order valence-electron chi connectivity index (χ3n) is 4.49. The summed E-state index contributed by atoms with van der Waals surface area (Å²) in [5, 5.41) is 7.47. The molecule has 0 spiro atoms. The van der Waals surface area contributed by atoms with E-state index in [0.29, 0.717) is 19.0 Å². The molecule has 2 aromatic rings. The molecule has 1 fully saturated rings. The van der Waals surface area contributed by atoms with Crippen LogP contribution in [0, 0.1) is 0 Å². The van der Waals surface area contributed by atoms with Crippen molar-refractivity contribution >= 4 is 17.2 Å². The molecule has 122 valence electrons. The number of amides is 1. The number of likely N-dealkylation sites (tertiary alicyclic amines) is 1. The fraction of sp³-hybridized carbons (Fsp3) is 0.421. The van der Waals surface area contributed by atoms with Gasteiger partial charge in [-0.1, -0.05) is 30.3 Å². The van der Waals surface area contributed by atoms with E-state index in [1.54, 1.807) is 11.3 Å². The van der Waals surface area contributed by atoms with E-state index in [1.807, 2.05) is 18.2 Å². The van der Waals surface area contributed by atoms with E-state index in [4.69, 9.17) is 0 Å². The first-order valence-electron chi connectivity index (χ1n) is 8.40. The Bertz CT molecular complexity index is 591. The van der Waals surface area contributed by atoms with Gasteiger partial charge in [0.1, 0.15) is 0 Å². The van der Waals surface area contributed by atoms with Gasteiger partial charge in [-0.15, -0.1) is 0 Å². The van der Waals surface area contributed by atoms with Crippen molar-refractivity contribution in [2.75, 3.05) is 19.6 Å². The van der Waals surface area contributed by atoms with Crippen molar-refractivity contribution in [3.05, 3.63) is 58.3 Å². The smallest absolute Gasteiger partial charge is 0.220 e. The van der Waals surface area contributed by atoms with Crippen molar-refractivity contribution in [3.8, 4) is 0 Å². The molecule has 3 rings (SSSR count). The normalized spacial score (nSPS) is 16.3. The van der Waals surface area contributed by atoms with Crippen molar-refractivity contribution in [1.29, 1.82) is 0 Å². The Labute approximate surface area is 142 Å². The maximum atomic E-state index is 12.2. The molecule has 0 bridgehead atoms. The van der Waals surface area contributed by atoms with Crippen molar-refractivity contribution in [2.24, 2.45) is 0 Å². The van der Waals surface area contributed by atoms with Crippen molar-refractivity contribution in [3.63, 3.8) is 0 Å². The number of aryl methyl sites for hydroxylation is 1. The summed E-state index contributed by atoms with van der Waals surface area (Å²) in [6.07, 6.45) is 3.89. The molecule has 1 amide bonds. The van der Waals surface area contributed by atoms with Gasteiger partial charge in [0, 0.05) is 13.0 Å². The van der Waals surface area contributed by atoms with Crippen LogP contribution in [0.3, 0.4) is 0 Å². The standard InChI is InChI=1S/C19H24N2OS/c22-19(9-8-16-6-2-1-3-7-16)20-14-18(17-10-13-23-15-17)21-11-4-5-12-21/h1-3,6-7,10,13,15,18H,4-5,8-9,11-12,14H2,(H,20,22)/t18-/m1/s1. The number of rotatable bonds is 7. The highest BCUT2D eigenvalue weighted by Crippen LogP contribution is 2.26. The van der Waals surface area contributed by atoms with Crippen LogP contribution < -0.4 is 5.32 Å². The Kier molecular flexibility index (Phi) is 5.83. The lowest BCUT2D eigenvalue weighted by Crippen LogP contribution is -2.36. The van der Waals surface area contributed by atoms with E-state index in [1.165, 1.54) is 24.0 Å². The lowest BCUT2D eigenvalue weighted by Gasteiger charge is -2.27. The van der Waals surface area contributed by atoms with E-state index in [0.717, 1.165) is 19.5 Å². The fourth-order valence-electron chi connectivity index (χ4n) is 3.18. The predicted molar refractivity (Wildman–Crippen MR) is 95.6 cm³/mol. The van der Waals surface area contributed by atoms with Crippen LogP contribution in [0.5, 0.6) is 0 Å². The summed E-state index contributed by atoms with van der Waals surface area (Å²) in [6, 6.07) is 12.7. The number of thiophene rings is 1. The molecular weight excluding hydrogens is 304 g/mol. The van der Waals surface area contributed by atoms with Gasteiger partial charge in [-0.05, 0) is 60.3 Å². The Hall–Kier alpha value is -1.65. The minimum absolute atomic E-state index is 0.147. The Morgan fingerprint density at radius 1 is 1.17 bits per heavy atom. The molecule has 1 aromatic carbocycles. The monoisotopic (exact) mass is 328 g/mol. The minimum atomic E-state index is 0.147. The molecule has 1 aliphatic heterocycles. The number of nitrogens with zero attached hydrogens (tertiary/aromatic N) is 1. The topological polar surface area (TPSA) is 32.3 Å². The fourth-order valence-corrected chi connectivity index (χ4v) is 3.88. The molecule has 2 heterocycles. The van der Waals surface area contributed by atoms with Crippen molar-refractivity contribution < 1.29 is 4.79 Å². The summed E-state index contributed by atoms with van der Waals surface area (Å²) < 4.78 is 0. The molecule has 0 aliphatic carbocycles. The van der Waals surface area contributed by atoms with Crippen LogP contribution in [0.2, 0.25) is 0 Å². The zero-order valence-electron chi connectivity index (χ0n) is 13.4. The number of hydrogen-bond donors (Lipinski definition) is 1. The Balaban J connectivity index is 1.51. The second-order valence-electron chi connectivity index (χ2n) is 6.11. The van der Waals surface area contributed by atoms with Crippen molar-refractivity contribution in [1.82, 2.24) is 10.2 Å². The molecule has 1 aromatic heterocycles. The summed E-state index contributed by atoms with van der Waals surface area (Å²) >= 11 is 1.73. The zero-order valence-corrected chi connectivity index (χ0v) is 14.2. The van der Waals surface area contributed by atoms with E-state index >= 15 is 0 Å². The largest absolute Gasteiger partial charge is 0.354 e. The highest BCUT2D eigenvalue weighted by Gasteiger charge is 2.24. The first kappa shape index (κ1) is 16.2. The molecule has 0 unspecified atom stereocenters. The Morgan fingerprint density at radius 3 is 2.65 bits per heavy atom. The third kappa shape index (κ3) is 4.66. The maximum absolute atomic E-state index is 12.2. The molecule has 1 saturated heterocycles. The van der Waals surface area contributed by atoms with Gasteiger partial charge in [0.25, 0.3) is 0 Å². The molecule has 23 heavy (non-hydrogen) atoms. The van der Waals surface area contributed by atoms with E-state index in [9.17, 15) is 4.79 Å². The molecular formula is C19H24N2OS. The number of carbonyl (C=O) groups is 1. The van der Waals surface area contributed by atoms with Crippen LogP contribution in [-0.2, 0) is 11.2 Å². The van der Waals surface area contributed by atoms with Gasteiger partial charge >= 0.3 is 0 Å². The first-order chi connectivity index (χ1) is 11.3. The SMILES string of the molecule is O=C(CCc1ccccc1)NC[C@H](c1ccsc1)N1CCCC1. The average Bonchev–Trinajstić information content (AvgIpc) is 3.28. The van der Waals surface area contributed by atoms with E-state index < -0.39 is 0 Å². The molecule has 1 aliphatic rings. The average molecular weight is 328 g/mol. The summed E-state index contributed by atoms with van der Waals surface area (Å²) in [7, 11) is 0. The molecule has 3 nitrogen and oxygen atoms in total. The molecule has 0 radical (unpaired) electrons. The molecule has 4 heteroatoms. The highest BCUT2D eigenvalue weighted by atomic mass is 32.1. The molecule has 1 N–H and O–H groups in total. The van der Waals surface area contributed by atoms with Gasteiger partial charge < -0.3 is 5.32 Å². The van der Waals surface area contributed by atoms with Crippen LogP contribution in [-0.4, -0.2) is 30.4 Å². The van der Waals surface area contributed by atoms with Gasteiger partial charge in [0.2, 0.25) is 5.91 Å². The minimum Gasteiger partial charge on any atom is -0.354 e. The summed E-state index contributed by atoms with van der Waals surface area (Å²) in [4.78, 5) is 14.7. The van der Waals surface area contributed by atoms with E-state index in [2.05, 4.69) is 39.2 Å². The zero-order chi connectivity index (χ0) is 15.9. The second-order valence-corrected chi connectivity index (χ2v) is 6.89. The predicted octanol–water partition coefficient (Wildman–Crippen LogP) is 3.63. The molecule has 1 atom stereocenters. The van der Waals surface area contributed by atoms with Gasteiger partial charge in [-0.3, -0.25) is 9.69 Å². The van der Waals surface area contributed by atoms with Crippen LogP contribution in [0.15, 0.2) is 47.2 Å². The number of carbonyl (C=O) groups excluding carboxylic acids is 1. The van der Waals surface area contributed by atoms with Crippen LogP contribution in [0.25, 0.3) is 0 Å². The Morgan fingerprint density at radius 2 is 1.96 bits per heavy atom. The van der Waals surface area contributed by atoms with Crippen LogP contribution in [0.4, 0.5) is 0 Å². The first-order valence-corrected chi connectivity index (χ1v) is 9.34. The second kappa shape index (κ2) is 8.27. The highest BCUT2D eigenvalue weighted by molar-refractivity contribution is 7.07. The quantitative estimate of drug-likeness (QED) is 0.842.